The minimum absolute atomic E-state index is 0.0717. The van der Waals surface area contributed by atoms with E-state index >= 15 is 0 Å². The second-order valence-corrected chi connectivity index (χ2v) is 7.79. The van der Waals surface area contributed by atoms with Crippen molar-refractivity contribution in [1.29, 1.82) is 0 Å². The van der Waals surface area contributed by atoms with E-state index < -0.39 is 5.82 Å². The number of nitrogens with one attached hydrogen (secondary N) is 2. The maximum Gasteiger partial charge on any atom is 0.274 e. The van der Waals surface area contributed by atoms with Gasteiger partial charge in [0.25, 0.3) is 5.91 Å². The van der Waals surface area contributed by atoms with Gasteiger partial charge in [0.1, 0.15) is 17.3 Å². The molecular formula is C23H25F2N5O. The van der Waals surface area contributed by atoms with Crippen LogP contribution in [0.1, 0.15) is 41.4 Å². The summed E-state index contributed by atoms with van der Waals surface area (Å²) in [6.07, 6.45) is 4.12. The number of hydrazine groups is 1. The first-order valence-corrected chi connectivity index (χ1v) is 10.3. The number of rotatable bonds is 7. The Morgan fingerprint density at radius 2 is 2.00 bits per heavy atom. The third-order valence-corrected chi connectivity index (χ3v) is 5.53. The van der Waals surface area contributed by atoms with Gasteiger partial charge in [-0.05, 0) is 55.2 Å². The Morgan fingerprint density at radius 3 is 2.81 bits per heavy atom. The van der Waals surface area contributed by atoms with Crippen LogP contribution in [0, 0.1) is 11.6 Å². The number of hydrogen-bond donors (Lipinski definition) is 2. The minimum atomic E-state index is -0.396. The molecule has 6 nitrogen and oxygen atoms in total. The average molecular weight is 425 g/mol. The summed E-state index contributed by atoms with van der Waals surface area (Å²) in [5, 5.41) is 4.23. The largest absolute Gasteiger partial charge is 0.340 e. The maximum absolute atomic E-state index is 13.9. The summed E-state index contributed by atoms with van der Waals surface area (Å²) in [4.78, 5) is 14.3. The fraction of sp³-hybridized carbons (Fsp3) is 0.304. The van der Waals surface area contributed by atoms with Gasteiger partial charge in [0.05, 0.1) is 0 Å². The summed E-state index contributed by atoms with van der Waals surface area (Å²) >= 11 is 0. The molecule has 0 aliphatic carbocycles. The van der Waals surface area contributed by atoms with Gasteiger partial charge < -0.3 is 4.90 Å². The van der Waals surface area contributed by atoms with Crippen molar-refractivity contribution in [3.05, 3.63) is 83.7 Å². The van der Waals surface area contributed by atoms with Crippen LogP contribution in [0.2, 0.25) is 0 Å². The van der Waals surface area contributed by atoms with E-state index in [4.69, 9.17) is 0 Å². The van der Waals surface area contributed by atoms with Crippen LogP contribution < -0.4 is 10.9 Å². The van der Waals surface area contributed by atoms with E-state index in [1.165, 1.54) is 16.8 Å². The molecule has 0 spiro atoms. The lowest BCUT2D eigenvalue weighted by Crippen LogP contribution is -2.32. The lowest BCUT2D eigenvalue weighted by Gasteiger charge is -2.17. The first-order valence-electron chi connectivity index (χ1n) is 10.3. The zero-order valence-electron chi connectivity index (χ0n) is 17.3. The topological polar surface area (TPSA) is 62.2 Å². The molecule has 2 aromatic carbocycles. The molecule has 2 atom stereocenters. The average Bonchev–Trinajstić information content (AvgIpc) is 3.43. The van der Waals surface area contributed by atoms with Gasteiger partial charge in [-0.15, -0.1) is 0 Å². The first-order chi connectivity index (χ1) is 15.0. The predicted octanol–water partition coefficient (Wildman–Crippen LogP) is 3.61. The molecule has 2 heterocycles. The summed E-state index contributed by atoms with van der Waals surface area (Å²) in [7, 11) is 1.74. The van der Waals surface area contributed by atoms with Crippen molar-refractivity contribution in [2.45, 2.75) is 31.3 Å². The van der Waals surface area contributed by atoms with Crippen LogP contribution in [0.25, 0.3) is 5.69 Å². The number of aromatic nitrogens is 2. The van der Waals surface area contributed by atoms with Gasteiger partial charge in [0.15, 0.2) is 5.69 Å². The molecule has 2 unspecified atom stereocenters. The Balaban J connectivity index is 1.26. The first kappa shape index (κ1) is 21.1. The van der Waals surface area contributed by atoms with E-state index in [2.05, 4.69) is 16.0 Å². The smallest absolute Gasteiger partial charge is 0.274 e. The molecule has 31 heavy (non-hydrogen) atoms. The molecule has 3 aromatic rings. The van der Waals surface area contributed by atoms with Gasteiger partial charge in [0, 0.05) is 31.9 Å². The number of hydrogen-bond acceptors (Lipinski definition) is 4. The van der Waals surface area contributed by atoms with Crippen LogP contribution in [0.5, 0.6) is 0 Å². The summed E-state index contributed by atoms with van der Waals surface area (Å²) < 4.78 is 28.7. The zero-order valence-corrected chi connectivity index (χ0v) is 17.3. The third kappa shape index (κ3) is 4.98. The second kappa shape index (κ2) is 9.36. The normalized spacial score (nSPS) is 18.3. The number of amides is 1. The fourth-order valence-electron chi connectivity index (χ4n) is 3.84. The Morgan fingerprint density at radius 1 is 1.16 bits per heavy atom. The van der Waals surface area contributed by atoms with Crippen LogP contribution in [0.4, 0.5) is 8.78 Å². The highest BCUT2D eigenvalue weighted by molar-refractivity contribution is 5.92. The van der Waals surface area contributed by atoms with Crippen LogP contribution >= 0.6 is 0 Å². The molecule has 2 N–H and O–H groups in total. The van der Waals surface area contributed by atoms with E-state index in [9.17, 15) is 13.6 Å². The van der Waals surface area contributed by atoms with Crippen molar-refractivity contribution in [1.82, 2.24) is 25.5 Å². The van der Waals surface area contributed by atoms with Crippen molar-refractivity contribution < 1.29 is 13.6 Å². The van der Waals surface area contributed by atoms with Gasteiger partial charge in [-0.3, -0.25) is 15.6 Å². The highest BCUT2D eigenvalue weighted by atomic mass is 19.1. The van der Waals surface area contributed by atoms with Gasteiger partial charge >= 0.3 is 0 Å². The van der Waals surface area contributed by atoms with Gasteiger partial charge in [-0.2, -0.15) is 5.10 Å². The maximum atomic E-state index is 13.9. The molecule has 0 radical (unpaired) electrons. The minimum Gasteiger partial charge on any atom is -0.340 e. The molecule has 0 saturated carbocycles. The molecule has 1 aliphatic rings. The third-order valence-electron chi connectivity index (χ3n) is 5.53. The number of benzene rings is 2. The number of halogens is 2. The number of carbonyl (C=O) groups excluding carboxylic acids is 1. The van der Waals surface area contributed by atoms with Crippen molar-refractivity contribution >= 4 is 5.91 Å². The van der Waals surface area contributed by atoms with Crippen LogP contribution in [0.3, 0.4) is 0 Å². The van der Waals surface area contributed by atoms with Crippen molar-refractivity contribution in [2.24, 2.45) is 0 Å². The Hall–Kier alpha value is -3.10. The Bertz CT molecular complexity index is 1050. The van der Waals surface area contributed by atoms with Gasteiger partial charge in [0.2, 0.25) is 0 Å². The molecule has 1 saturated heterocycles. The fourth-order valence-corrected chi connectivity index (χ4v) is 3.84. The second-order valence-electron chi connectivity index (χ2n) is 7.79. The quantitative estimate of drug-likeness (QED) is 0.607. The summed E-state index contributed by atoms with van der Waals surface area (Å²) in [6, 6.07) is 14.8. The predicted molar refractivity (Wildman–Crippen MR) is 114 cm³/mol. The molecule has 8 heteroatoms. The van der Waals surface area contributed by atoms with Crippen LogP contribution in [-0.2, 0) is 0 Å². The Labute approximate surface area is 179 Å². The van der Waals surface area contributed by atoms with E-state index in [1.54, 1.807) is 54.5 Å². The molecule has 1 aromatic heterocycles. The zero-order chi connectivity index (χ0) is 21.8. The van der Waals surface area contributed by atoms with E-state index in [0.717, 1.165) is 24.8 Å². The van der Waals surface area contributed by atoms with Crippen LogP contribution in [-0.4, -0.2) is 40.2 Å². The van der Waals surface area contributed by atoms with Crippen LogP contribution in [0.15, 0.2) is 60.8 Å². The summed E-state index contributed by atoms with van der Waals surface area (Å²) in [5.74, 6) is -0.835. The monoisotopic (exact) mass is 425 g/mol. The molecule has 0 bridgehead atoms. The molecule has 1 amide bonds. The summed E-state index contributed by atoms with van der Waals surface area (Å²) in [5.41, 5.74) is 7.98. The SMILES string of the molecule is CN(CCCC1CC(c2cccc(F)c2)NN1)C(=O)c1ccn(-c2ccccc2F)n1. The lowest BCUT2D eigenvalue weighted by atomic mass is 9.99. The molecule has 4 rings (SSSR count). The lowest BCUT2D eigenvalue weighted by molar-refractivity contribution is 0.0785. The standard InChI is InChI=1S/C23H25F2N5O/c1-29(23(31)20-11-13-30(28-20)22-10-3-2-9-19(22)25)12-5-8-18-15-21(27-26-18)16-6-4-7-17(24)14-16/h2-4,6-7,9-11,13-14,18,21,26-27H,5,8,12,15H2,1H3. The molecule has 162 valence electrons. The summed E-state index contributed by atoms with van der Waals surface area (Å²) in [6.45, 7) is 0.578. The van der Waals surface area contributed by atoms with E-state index in [-0.39, 0.29) is 29.5 Å². The van der Waals surface area contributed by atoms with E-state index in [0.29, 0.717) is 12.2 Å². The molecule has 1 fully saturated rings. The number of carbonyl (C=O) groups is 1. The Kier molecular flexibility index (Phi) is 6.39. The van der Waals surface area contributed by atoms with Crippen molar-refractivity contribution in [3.63, 3.8) is 0 Å². The highest BCUT2D eigenvalue weighted by Crippen LogP contribution is 2.24. The molecular weight excluding hydrogens is 400 g/mol. The van der Waals surface area contributed by atoms with Gasteiger partial charge in [-0.25, -0.2) is 13.5 Å². The van der Waals surface area contributed by atoms with E-state index in [1.807, 2.05) is 6.07 Å². The van der Waals surface area contributed by atoms with Gasteiger partial charge in [-0.1, -0.05) is 24.3 Å². The van der Waals surface area contributed by atoms with Crippen molar-refractivity contribution in [3.8, 4) is 5.69 Å². The molecule has 1 aliphatic heterocycles. The number of nitrogens with zero attached hydrogens (tertiary/aromatic N) is 3. The van der Waals surface area contributed by atoms with Crippen molar-refractivity contribution in [2.75, 3.05) is 13.6 Å². The highest BCUT2D eigenvalue weighted by Gasteiger charge is 2.25. The number of para-hydroxylation sites is 1.